The van der Waals surface area contributed by atoms with Crippen LogP contribution in [0.25, 0.3) is 5.69 Å². The molecule has 0 spiro atoms. The van der Waals surface area contributed by atoms with Crippen molar-refractivity contribution in [3.63, 3.8) is 0 Å². The Kier molecular flexibility index (Phi) is 4.20. The van der Waals surface area contributed by atoms with Crippen LogP contribution in [0.3, 0.4) is 0 Å². The Hall–Kier alpha value is -2.52. The number of benzene rings is 1. The minimum absolute atomic E-state index is 0.0606. The van der Waals surface area contributed by atoms with E-state index in [0.717, 1.165) is 0 Å². The summed E-state index contributed by atoms with van der Waals surface area (Å²) in [6.07, 6.45) is 5.84. The topological polar surface area (TPSA) is 81.8 Å². The van der Waals surface area contributed by atoms with Crippen molar-refractivity contribution in [2.24, 2.45) is 7.05 Å². The van der Waals surface area contributed by atoms with Crippen LogP contribution in [0.5, 0.6) is 0 Å². The number of halogens is 1. The molecular formula is C15H16FN5O2S. The van der Waals surface area contributed by atoms with E-state index in [1.165, 1.54) is 27.8 Å². The standard InChI is InChI=1S/C15H16FN5O2S/c1-11(19-24(22,23)13-9-18-20(2)10-13)12-4-5-15(14(16)8-12)21-7-3-6-17-21/h3-11,19H,1-2H3/t11-/m0/s1. The molecule has 0 aliphatic rings. The van der Waals surface area contributed by atoms with Gasteiger partial charge in [-0.2, -0.15) is 10.2 Å². The van der Waals surface area contributed by atoms with Crippen LogP contribution in [-0.2, 0) is 17.1 Å². The third kappa shape index (κ3) is 3.22. The minimum Gasteiger partial charge on any atom is -0.274 e. The monoisotopic (exact) mass is 349 g/mol. The fourth-order valence-corrected chi connectivity index (χ4v) is 3.51. The quantitative estimate of drug-likeness (QED) is 0.761. The van der Waals surface area contributed by atoms with E-state index in [0.29, 0.717) is 11.3 Å². The summed E-state index contributed by atoms with van der Waals surface area (Å²) in [4.78, 5) is 0.0606. The van der Waals surface area contributed by atoms with Gasteiger partial charge in [-0.1, -0.05) is 6.07 Å². The lowest BCUT2D eigenvalue weighted by Crippen LogP contribution is -2.26. The maximum Gasteiger partial charge on any atom is 0.244 e. The molecule has 0 aliphatic heterocycles. The van der Waals surface area contributed by atoms with Gasteiger partial charge in [-0.25, -0.2) is 22.2 Å². The molecule has 7 nitrogen and oxygen atoms in total. The molecule has 2 aromatic heterocycles. The smallest absolute Gasteiger partial charge is 0.244 e. The van der Waals surface area contributed by atoms with E-state index in [4.69, 9.17) is 0 Å². The molecule has 0 saturated heterocycles. The van der Waals surface area contributed by atoms with Gasteiger partial charge in [0.25, 0.3) is 0 Å². The molecule has 0 aliphatic carbocycles. The van der Waals surface area contributed by atoms with Crippen LogP contribution >= 0.6 is 0 Å². The van der Waals surface area contributed by atoms with Gasteiger partial charge in [0.2, 0.25) is 10.0 Å². The zero-order valence-corrected chi connectivity index (χ0v) is 13.9. The van der Waals surface area contributed by atoms with E-state index >= 15 is 0 Å². The van der Waals surface area contributed by atoms with Gasteiger partial charge in [-0.3, -0.25) is 4.68 Å². The van der Waals surface area contributed by atoms with E-state index in [9.17, 15) is 12.8 Å². The lowest BCUT2D eigenvalue weighted by Gasteiger charge is -2.15. The Labute approximate surface area is 138 Å². The van der Waals surface area contributed by atoms with Gasteiger partial charge < -0.3 is 0 Å². The van der Waals surface area contributed by atoms with Crippen LogP contribution in [0.2, 0.25) is 0 Å². The Balaban J connectivity index is 1.83. The van der Waals surface area contributed by atoms with Gasteiger partial charge >= 0.3 is 0 Å². The van der Waals surface area contributed by atoms with Crippen LogP contribution in [0.1, 0.15) is 18.5 Å². The number of rotatable bonds is 5. The molecule has 0 saturated carbocycles. The summed E-state index contributed by atoms with van der Waals surface area (Å²) in [6, 6.07) is 5.62. The average molecular weight is 349 g/mol. The molecule has 126 valence electrons. The predicted octanol–water partition coefficient (Wildman–Crippen LogP) is 1.78. The van der Waals surface area contributed by atoms with Crippen LogP contribution in [-0.4, -0.2) is 28.0 Å². The van der Waals surface area contributed by atoms with Crippen LogP contribution in [0.4, 0.5) is 4.39 Å². The van der Waals surface area contributed by atoms with Crippen molar-refractivity contribution < 1.29 is 12.8 Å². The summed E-state index contributed by atoms with van der Waals surface area (Å²) < 4.78 is 44.2. The molecule has 9 heteroatoms. The molecule has 1 aromatic carbocycles. The first-order chi connectivity index (χ1) is 11.4. The second kappa shape index (κ2) is 6.17. The zero-order valence-electron chi connectivity index (χ0n) is 13.1. The molecule has 0 amide bonds. The molecular weight excluding hydrogens is 333 g/mol. The SMILES string of the molecule is C[C@H](NS(=O)(=O)c1cnn(C)c1)c1ccc(-n2cccn2)c(F)c1. The molecule has 1 atom stereocenters. The summed E-state index contributed by atoms with van der Waals surface area (Å²) >= 11 is 0. The molecule has 0 unspecified atom stereocenters. The molecule has 3 rings (SSSR count). The normalized spacial score (nSPS) is 13.1. The van der Waals surface area contributed by atoms with Gasteiger partial charge in [-0.15, -0.1) is 0 Å². The first-order valence-corrected chi connectivity index (χ1v) is 8.65. The Morgan fingerprint density at radius 2 is 2.08 bits per heavy atom. The van der Waals surface area contributed by atoms with Crippen molar-refractivity contribution in [3.8, 4) is 5.69 Å². The van der Waals surface area contributed by atoms with E-state index in [2.05, 4.69) is 14.9 Å². The largest absolute Gasteiger partial charge is 0.274 e. The molecule has 0 fully saturated rings. The Bertz CT molecular complexity index is 950. The van der Waals surface area contributed by atoms with Crippen LogP contribution in [0.15, 0.2) is 53.9 Å². The Morgan fingerprint density at radius 3 is 2.67 bits per heavy atom. The summed E-state index contributed by atoms with van der Waals surface area (Å²) in [7, 11) is -2.10. The highest BCUT2D eigenvalue weighted by Crippen LogP contribution is 2.21. The van der Waals surface area contributed by atoms with E-state index < -0.39 is 21.9 Å². The second-order valence-electron chi connectivity index (χ2n) is 5.35. The first-order valence-electron chi connectivity index (χ1n) is 7.17. The highest BCUT2D eigenvalue weighted by atomic mass is 32.2. The van der Waals surface area contributed by atoms with Gasteiger partial charge in [-0.05, 0) is 30.7 Å². The number of nitrogens with one attached hydrogen (secondary N) is 1. The van der Waals surface area contributed by atoms with Crippen molar-refractivity contribution in [1.29, 1.82) is 0 Å². The fraction of sp³-hybridized carbons (Fsp3) is 0.200. The molecule has 24 heavy (non-hydrogen) atoms. The lowest BCUT2D eigenvalue weighted by molar-refractivity contribution is 0.563. The molecule has 0 radical (unpaired) electrons. The first kappa shape index (κ1) is 16.3. The molecule has 2 heterocycles. The number of aryl methyl sites for hydroxylation is 1. The second-order valence-corrected chi connectivity index (χ2v) is 7.07. The van der Waals surface area contributed by atoms with Gasteiger partial charge in [0, 0.05) is 31.7 Å². The van der Waals surface area contributed by atoms with E-state index in [-0.39, 0.29) is 4.90 Å². The lowest BCUT2D eigenvalue weighted by atomic mass is 10.1. The maximum absolute atomic E-state index is 14.3. The number of aromatic nitrogens is 4. The summed E-state index contributed by atoms with van der Waals surface area (Å²) in [5.41, 5.74) is 0.807. The number of hydrogen-bond donors (Lipinski definition) is 1. The van der Waals surface area contributed by atoms with Crippen molar-refractivity contribution >= 4 is 10.0 Å². The fourth-order valence-electron chi connectivity index (χ4n) is 2.30. The van der Waals surface area contributed by atoms with Crippen LogP contribution < -0.4 is 4.72 Å². The molecule has 0 bridgehead atoms. The summed E-state index contributed by atoms with van der Waals surface area (Å²) in [5, 5.41) is 7.82. The maximum atomic E-state index is 14.3. The van der Waals surface area contributed by atoms with Gasteiger partial charge in [0.1, 0.15) is 16.4 Å². The zero-order chi connectivity index (χ0) is 17.3. The summed E-state index contributed by atoms with van der Waals surface area (Å²) in [5.74, 6) is -0.483. The van der Waals surface area contributed by atoms with Gasteiger partial charge in [0.05, 0.1) is 6.20 Å². The number of hydrogen-bond acceptors (Lipinski definition) is 4. The highest BCUT2D eigenvalue weighted by molar-refractivity contribution is 7.89. The minimum atomic E-state index is -3.73. The van der Waals surface area contributed by atoms with Crippen LogP contribution in [0, 0.1) is 5.82 Å². The molecule has 3 aromatic rings. The van der Waals surface area contributed by atoms with E-state index in [1.807, 2.05) is 0 Å². The van der Waals surface area contributed by atoms with Crippen molar-refractivity contribution in [2.75, 3.05) is 0 Å². The highest BCUT2D eigenvalue weighted by Gasteiger charge is 2.20. The number of nitrogens with zero attached hydrogens (tertiary/aromatic N) is 4. The Morgan fingerprint density at radius 1 is 1.29 bits per heavy atom. The molecule has 1 N–H and O–H groups in total. The predicted molar refractivity (Wildman–Crippen MR) is 85.5 cm³/mol. The van der Waals surface area contributed by atoms with Gasteiger partial charge in [0.15, 0.2) is 0 Å². The van der Waals surface area contributed by atoms with E-state index in [1.54, 1.807) is 44.6 Å². The summed E-state index contributed by atoms with van der Waals surface area (Å²) in [6.45, 7) is 1.65. The van der Waals surface area contributed by atoms with Crippen molar-refractivity contribution in [2.45, 2.75) is 17.9 Å². The third-order valence-electron chi connectivity index (χ3n) is 3.55. The number of sulfonamides is 1. The van der Waals surface area contributed by atoms with Crippen molar-refractivity contribution in [1.82, 2.24) is 24.3 Å². The third-order valence-corrected chi connectivity index (χ3v) is 5.04. The van der Waals surface area contributed by atoms with Crippen molar-refractivity contribution in [3.05, 3.63) is 60.4 Å². The average Bonchev–Trinajstić information content (AvgIpc) is 3.18.